The first kappa shape index (κ1) is 23.6. The van der Waals surface area contributed by atoms with Crippen LogP contribution in [0.15, 0.2) is 109 Å². The molecule has 0 saturated heterocycles. The van der Waals surface area contributed by atoms with Crippen molar-refractivity contribution >= 4 is 38.6 Å². The van der Waals surface area contributed by atoms with Crippen molar-refractivity contribution in [3.63, 3.8) is 0 Å². The predicted octanol–water partition coefficient (Wildman–Crippen LogP) is 9.50. The molecule has 0 fully saturated rings. The number of terminal acetylenes is 1. The Hall–Kier alpha value is -4.02. The van der Waals surface area contributed by atoms with Crippen molar-refractivity contribution in [3.8, 4) is 12.3 Å². The number of hydrogen-bond acceptors (Lipinski definition) is 1. The summed E-state index contributed by atoms with van der Waals surface area (Å²) in [5.41, 5.74) is 4.25. The minimum atomic E-state index is 0.879. The molecular formula is C32H31N. The lowest BCUT2D eigenvalue weighted by molar-refractivity contribution is 1.31. The van der Waals surface area contributed by atoms with E-state index in [1.165, 1.54) is 27.2 Å². The first-order valence-electron chi connectivity index (χ1n) is 11.7. The summed E-state index contributed by atoms with van der Waals surface area (Å²) < 4.78 is 0. The van der Waals surface area contributed by atoms with E-state index in [4.69, 9.17) is 6.42 Å². The molecule has 33 heavy (non-hydrogen) atoms. The van der Waals surface area contributed by atoms with Crippen LogP contribution in [-0.2, 0) is 0 Å². The largest absolute Gasteiger partial charge is 0.309 e. The first-order valence-corrected chi connectivity index (χ1v) is 11.7. The SMILES string of the molecule is C#Cc1ccc(N(c2ccccc2)c2c3ccccc3cc3ccccc23)cc1.CC.CC. The first-order chi connectivity index (χ1) is 16.3. The van der Waals surface area contributed by atoms with Gasteiger partial charge in [0.1, 0.15) is 0 Å². The lowest BCUT2D eigenvalue weighted by Crippen LogP contribution is -2.11. The summed E-state index contributed by atoms with van der Waals surface area (Å²) in [5.74, 6) is 2.71. The van der Waals surface area contributed by atoms with Gasteiger partial charge in [0, 0.05) is 27.7 Å². The van der Waals surface area contributed by atoms with E-state index in [2.05, 4.69) is 102 Å². The highest BCUT2D eigenvalue weighted by Crippen LogP contribution is 2.43. The third kappa shape index (κ3) is 4.92. The Bertz CT molecular complexity index is 1290. The second-order valence-corrected chi connectivity index (χ2v) is 7.03. The van der Waals surface area contributed by atoms with Gasteiger partial charge in [0.05, 0.1) is 5.69 Å². The van der Waals surface area contributed by atoms with E-state index in [-0.39, 0.29) is 0 Å². The number of nitrogens with zero attached hydrogens (tertiary/aromatic N) is 1. The molecule has 0 aromatic heterocycles. The van der Waals surface area contributed by atoms with Crippen LogP contribution >= 0.6 is 0 Å². The fourth-order valence-electron chi connectivity index (χ4n) is 3.92. The van der Waals surface area contributed by atoms with Gasteiger partial charge in [-0.2, -0.15) is 0 Å². The van der Waals surface area contributed by atoms with Crippen LogP contribution in [-0.4, -0.2) is 0 Å². The Morgan fingerprint density at radius 3 is 1.52 bits per heavy atom. The summed E-state index contributed by atoms with van der Waals surface area (Å²) in [4.78, 5) is 2.32. The Labute approximate surface area is 198 Å². The zero-order valence-electron chi connectivity index (χ0n) is 19.9. The molecule has 5 rings (SSSR count). The van der Waals surface area contributed by atoms with Crippen LogP contribution in [0.5, 0.6) is 0 Å². The van der Waals surface area contributed by atoms with Crippen LogP contribution in [0, 0.1) is 12.3 Å². The fourth-order valence-corrected chi connectivity index (χ4v) is 3.92. The third-order valence-corrected chi connectivity index (χ3v) is 5.27. The highest BCUT2D eigenvalue weighted by molar-refractivity contribution is 6.14. The van der Waals surface area contributed by atoms with E-state index in [1.54, 1.807) is 0 Å². The maximum atomic E-state index is 5.58. The molecule has 5 aromatic carbocycles. The van der Waals surface area contributed by atoms with Crippen molar-refractivity contribution in [2.75, 3.05) is 4.90 Å². The zero-order chi connectivity index (χ0) is 23.6. The van der Waals surface area contributed by atoms with Gasteiger partial charge in [-0.3, -0.25) is 0 Å². The number of rotatable bonds is 3. The molecule has 0 N–H and O–H groups in total. The third-order valence-electron chi connectivity index (χ3n) is 5.27. The van der Waals surface area contributed by atoms with Crippen LogP contribution in [0.1, 0.15) is 33.3 Å². The van der Waals surface area contributed by atoms with Crippen LogP contribution < -0.4 is 4.90 Å². The lowest BCUT2D eigenvalue weighted by Gasteiger charge is -2.28. The van der Waals surface area contributed by atoms with Gasteiger partial charge in [0.25, 0.3) is 0 Å². The molecule has 1 heteroatoms. The number of benzene rings is 5. The van der Waals surface area contributed by atoms with Gasteiger partial charge in [-0.15, -0.1) is 6.42 Å². The van der Waals surface area contributed by atoms with Gasteiger partial charge in [-0.1, -0.05) is 100 Å². The van der Waals surface area contributed by atoms with Gasteiger partial charge in [-0.05, 0) is 53.2 Å². The minimum absolute atomic E-state index is 0.879. The topological polar surface area (TPSA) is 3.24 Å². The highest BCUT2D eigenvalue weighted by atomic mass is 15.1. The average Bonchev–Trinajstić information content (AvgIpc) is 2.92. The predicted molar refractivity (Wildman–Crippen MR) is 147 cm³/mol. The normalized spacial score (nSPS) is 9.79. The van der Waals surface area contributed by atoms with Crippen molar-refractivity contribution in [2.45, 2.75) is 27.7 Å². The van der Waals surface area contributed by atoms with E-state index in [0.717, 1.165) is 16.9 Å². The van der Waals surface area contributed by atoms with Crippen molar-refractivity contribution in [3.05, 3.63) is 115 Å². The molecule has 5 aromatic rings. The Balaban J connectivity index is 0.000000728. The second-order valence-electron chi connectivity index (χ2n) is 7.03. The fraction of sp³-hybridized carbons (Fsp3) is 0.125. The highest BCUT2D eigenvalue weighted by Gasteiger charge is 2.18. The molecule has 1 nitrogen and oxygen atoms in total. The van der Waals surface area contributed by atoms with Gasteiger partial charge in [-0.25, -0.2) is 0 Å². The zero-order valence-corrected chi connectivity index (χ0v) is 19.9. The summed E-state index contributed by atoms with van der Waals surface area (Å²) in [6.07, 6.45) is 5.58. The molecule has 0 bridgehead atoms. The van der Waals surface area contributed by atoms with Gasteiger partial charge >= 0.3 is 0 Å². The van der Waals surface area contributed by atoms with Gasteiger partial charge in [0.15, 0.2) is 0 Å². The van der Waals surface area contributed by atoms with E-state index >= 15 is 0 Å². The van der Waals surface area contributed by atoms with Crippen molar-refractivity contribution in [1.82, 2.24) is 0 Å². The molecule has 0 heterocycles. The van der Waals surface area contributed by atoms with Gasteiger partial charge < -0.3 is 4.90 Å². The van der Waals surface area contributed by atoms with E-state index < -0.39 is 0 Å². The second kappa shape index (κ2) is 11.6. The molecule has 0 amide bonds. The van der Waals surface area contributed by atoms with Crippen molar-refractivity contribution < 1.29 is 0 Å². The maximum Gasteiger partial charge on any atom is 0.0618 e. The lowest BCUT2D eigenvalue weighted by atomic mass is 9.99. The van der Waals surface area contributed by atoms with Crippen LogP contribution in [0.2, 0.25) is 0 Å². The summed E-state index contributed by atoms with van der Waals surface area (Å²) >= 11 is 0. The standard InChI is InChI=1S/C28H19N.2C2H6/c1-2-21-16-18-25(19-17-21)29(24-12-4-3-5-13-24)28-26-14-8-6-10-22(26)20-23-11-7-9-15-27(23)28;2*1-2/h1,3-20H;2*1-2H3. The van der Waals surface area contributed by atoms with Crippen LogP contribution in [0.4, 0.5) is 17.1 Å². The molecular weight excluding hydrogens is 398 g/mol. The molecule has 0 spiro atoms. The monoisotopic (exact) mass is 429 g/mol. The molecule has 0 aliphatic rings. The minimum Gasteiger partial charge on any atom is -0.309 e. The summed E-state index contributed by atoms with van der Waals surface area (Å²) in [6.45, 7) is 8.00. The summed E-state index contributed by atoms with van der Waals surface area (Å²) in [7, 11) is 0. The van der Waals surface area contributed by atoms with E-state index in [9.17, 15) is 0 Å². The summed E-state index contributed by atoms with van der Waals surface area (Å²) in [6, 6.07) is 38.1. The molecule has 0 aliphatic heterocycles. The van der Waals surface area contributed by atoms with Crippen molar-refractivity contribution in [2.24, 2.45) is 0 Å². The Morgan fingerprint density at radius 2 is 1.00 bits per heavy atom. The van der Waals surface area contributed by atoms with E-state index in [0.29, 0.717) is 0 Å². The molecule has 0 radical (unpaired) electrons. The van der Waals surface area contributed by atoms with Crippen LogP contribution in [0.25, 0.3) is 21.5 Å². The maximum absolute atomic E-state index is 5.58. The molecule has 0 atom stereocenters. The van der Waals surface area contributed by atoms with Gasteiger partial charge in [0.2, 0.25) is 0 Å². The van der Waals surface area contributed by atoms with Crippen molar-refractivity contribution in [1.29, 1.82) is 0 Å². The average molecular weight is 430 g/mol. The molecule has 0 aliphatic carbocycles. The van der Waals surface area contributed by atoms with E-state index in [1.807, 2.05) is 45.9 Å². The quantitative estimate of drug-likeness (QED) is 0.204. The molecule has 0 unspecified atom stereocenters. The smallest absolute Gasteiger partial charge is 0.0618 e. The summed E-state index contributed by atoms with van der Waals surface area (Å²) in [5, 5.41) is 4.89. The Morgan fingerprint density at radius 1 is 0.545 bits per heavy atom. The number of hydrogen-bond donors (Lipinski definition) is 0. The molecule has 0 saturated carbocycles. The number of fused-ring (bicyclic) bond motifs is 2. The van der Waals surface area contributed by atoms with Crippen LogP contribution in [0.3, 0.4) is 0 Å². The number of para-hydroxylation sites is 1. The Kier molecular flexibility index (Phi) is 8.28. The molecule has 164 valence electrons. The number of anilines is 3.